The van der Waals surface area contributed by atoms with Crippen molar-refractivity contribution in [2.45, 2.75) is 101 Å². The van der Waals surface area contributed by atoms with Gasteiger partial charge in [-0.3, -0.25) is 10.2 Å². The van der Waals surface area contributed by atoms with Gasteiger partial charge in [0, 0.05) is 50.1 Å². The minimum absolute atomic E-state index is 0.0253. The molecule has 0 bridgehead atoms. The fourth-order valence-electron chi connectivity index (χ4n) is 10.6. The minimum atomic E-state index is -1.60. The van der Waals surface area contributed by atoms with Gasteiger partial charge in [-0.1, -0.05) is 42.3 Å². The molecule has 1 saturated carbocycles. The number of benzene rings is 3. The van der Waals surface area contributed by atoms with Crippen LogP contribution >= 0.6 is 0 Å². The highest BCUT2D eigenvalue weighted by molar-refractivity contribution is 6.03. The molecule has 2 fully saturated rings. The van der Waals surface area contributed by atoms with E-state index in [-0.39, 0.29) is 63.8 Å². The Morgan fingerprint density at radius 3 is 2.48 bits per heavy atom. The summed E-state index contributed by atoms with van der Waals surface area (Å²) >= 11 is 0. The van der Waals surface area contributed by atoms with Crippen molar-refractivity contribution in [1.29, 1.82) is 0 Å². The molecular weight excluding hydrogens is 915 g/mol. The number of methoxy groups -OCH3 is 2. The van der Waals surface area contributed by atoms with E-state index in [1.165, 1.54) is 7.11 Å². The van der Waals surface area contributed by atoms with Gasteiger partial charge < -0.3 is 57.7 Å². The number of carbonyl (C=O) groups is 2. The molecule has 3 aromatic carbocycles. The van der Waals surface area contributed by atoms with E-state index < -0.39 is 42.1 Å². The van der Waals surface area contributed by atoms with Crippen molar-refractivity contribution < 1.29 is 67.3 Å². The van der Waals surface area contributed by atoms with Crippen LogP contribution in [0.25, 0.3) is 0 Å². The van der Waals surface area contributed by atoms with Crippen LogP contribution in [-0.2, 0) is 25.6 Å². The van der Waals surface area contributed by atoms with Gasteiger partial charge in [-0.05, 0) is 110 Å². The van der Waals surface area contributed by atoms with Crippen LogP contribution in [0.15, 0.2) is 96.7 Å². The number of hydrogen-bond donors (Lipinski definition) is 3. The van der Waals surface area contributed by atoms with E-state index in [1.54, 1.807) is 54.5 Å². The molecule has 3 aliphatic heterocycles. The molecule has 1 saturated heterocycles. The predicted molar refractivity (Wildman–Crippen MR) is 263 cm³/mol. The van der Waals surface area contributed by atoms with E-state index in [9.17, 15) is 19.8 Å². The number of amides is 2. The van der Waals surface area contributed by atoms with Crippen molar-refractivity contribution >= 4 is 23.6 Å². The first-order valence-corrected chi connectivity index (χ1v) is 24.7. The summed E-state index contributed by atoms with van der Waals surface area (Å²) in [7, 11) is 3.04. The topological polar surface area (TPSA) is 195 Å². The van der Waals surface area contributed by atoms with Gasteiger partial charge in [-0.2, -0.15) is 0 Å². The average Bonchev–Trinajstić information content (AvgIpc) is 3.86. The number of nitrogens with zero attached hydrogens (tertiary/aromatic N) is 2. The number of allylic oxidation sites excluding steroid dienone is 1. The Balaban J connectivity index is 1.29. The molecule has 382 valence electrons. The third-order valence-corrected chi connectivity index (χ3v) is 13.9. The number of anilines is 1. The maximum absolute atomic E-state index is 14.9. The predicted octanol–water partition coefficient (Wildman–Crippen LogP) is 9.42. The number of aliphatic hydroxyl groups excluding tert-OH is 2. The molecule has 1 unspecified atom stereocenters. The SMILES string of the molecule is C=CCCOC(=O)N(Cc1ccc2c(c1)OCO2)[C@H]1CC(=NOC2CCCCO2)C2=C[C@H](CCCCO)[C@@H](CCCCO)[C@@H]3c4cc(OC(=O)Nc5ccc(OC)cc5OC)ccc4O[C@@]1(OCC=C)[C@H]23. The van der Waals surface area contributed by atoms with Crippen LogP contribution in [-0.4, -0.2) is 105 Å². The maximum Gasteiger partial charge on any atom is 0.417 e. The van der Waals surface area contributed by atoms with Gasteiger partial charge in [0.05, 0.1) is 51.4 Å². The number of carbonyl (C=O) groups excluding carboxylic acids is 2. The van der Waals surface area contributed by atoms with E-state index in [1.807, 2.05) is 24.3 Å². The van der Waals surface area contributed by atoms with E-state index in [0.717, 1.165) is 42.4 Å². The Labute approximate surface area is 415 Å². The zero-order chi connectivity index (χ0) is 49.7. The number of aliphatic hydroxyl groups is 2. The number of hydrogen-bond acceptors (Lipinski definition) is 15. The van der Waals surface area contributed by atoms with Crippen molar-refractivity contribution in [3.63, 3.8) is 0 Å². The van der Waals surface area contributed by atoms with Crippen molar-refractivity contribution in [2.24, 2.45) is 22.9 Å². The zero-order valence-electron chi connectivity index (χ0n) is 40.7. The smallest absolute Gasteiger partial charge is 0.417 e. The molecule has 0 radical (unpaired) electrons. The second-order valence-corrected chi connectivity index (χ2v) is 18.3. The molecule has 3 heterocycles. The Morgan fingerprint density at radius 2 is 1.72 bits per heavy atom. The van der Waals surface area contributed by atoms with Gasteiger partial charge in [0.1, 0.15) is 29.0 Å². The first kappa shape index (κ1) is 51.1. The fraction of sp³-hybridized carbons (Fsp3) is 0.500. The molecule has 17 nitrogen and oxygen atoms in total. The normalized spacial score (nSPS) is 24.3. The lowest BCUT2D eigenvalue weighted by Crippen LogP contribution is -2.70. The highest BCUT2D eigenvalue weighted by atomic mass is 16.8. The van der Waals surface area contributed by atoms with Crippen LogP contribution in [0, 0.1) is 17.8 Å². The Bertz CT molecular complexity index is 2400. The molecule has 3 N–H and O–H groups in total. The lowest BCUT2D eigenvalue weighted by Gasteiger charge is -2.59. The Hall–Kier alpha value is -6.27. The molecule has 5 aliphatic rings. The first-order chi connectivity index (χ1) is 34.7. The van der Waals surface area contributed by atoms with E-state index >= 15 is 0 Å². The molecule has 2 aliphatic carbocycles. The van der Waals surface area contributed by atoms with Crippen LogP contribution in [0.1, 0.15) is 87.7 Å². The third-order valence-electron chi connectivity index (χ3n) is 13.9. The molecule has 71 heavy (non-hydrogen) atoms. The molecular formula is C54H67N3O14. The largest absolute Gasteiger partial charge is 0.497 e. The van der Waals surface area contributed by atoms with Crippen molar-refractivity contribution in [3.8, 4) is 34.5 Å². The second kappa shape index (κ2) is 24.2. The van der Waals surface area contributed by atoms with Gasteiger partial charge in [0.2, 0.25) is 18.9 Å². The summed E-state index contributed by atoms with van der Waals surface area (Å²) in [6.07, 6.45) is 10.9. The molecule has 0 spiro atoms. The van der Waals surface area contributed by atoms with Gasteiger partial charge in [-0.25, -0.2) is 9.59 Å². The van der Waals surface area contributed by atoms with E-state index in [4.69, 9.17) is 52.6 Å². The zero-order valence-corrected chi connectivity index (χ0v) is 40.7. The summed E-state index contributed by atoms with van der Waals surface area (Å²) in [4.78, 5) is 36.6. The Kier molecular flexibility index (Phi) is 17.4. The summed E-state index contributed by atoms with van der Waals surface area (Å²) < 4.78 is 54.9. The molecule has 17 heteroatoms. The standard InChI is InChI=1S/C54H67N3O14/c1-5-7-26-65-53(61)57(33-35-17-21-45-47(28-35)67-34-66-45)48-32-43(56-71-49-16-10-13-27-64-49)40-29-36(14-8-11-23-58)39(15-9-12-24-59)50-41-30-38(19-22-44(41)70-54(48,51(40)50)68-25-6-2)69-52(60)55-42-20-18-37(62-3)31-46(42)63-4/h5-6,17-22,28-31,36,39,48-51,58-59H,1-2,7-16,23-27,32-34H2,3-4H3,(H,55,60)/t36-,39+,48-,49?,50+,51+,54+/m0/s1. The molecule has 2 amide bonds. The third kappa shape index (κ3) is 11.6. The van der Waals surface area contributed by atoms with Crippen LogP contribution in [0.2, 0.25) is 0 Å². The van der Waals surface area contributed by atoms with Gasteiger partial charge in [0.25, 0.3) is 0 Å². The number of fused-ring (bicyclic) bond motifs is 3. The summed E-state index contributed by atoms with van der Waals surface area (Å²) in [5.41, 5.74) is 3.33. The fourth-order valence-corrected chi connectivity index (χ4v) is 10.6. The summed E-state index contributed by atoms with van der Waals surface area (Å²) in [5.74, 6) is 0.0380. The highest BCUT2D eigenvalue weighted by Gasteiger charge is 2.66. The number of ether oxygens (including phenoxy) is 9. The van der Waals surface area contributed by atoms with Crippen molar-refractivity contribution in [1.82, 2.24) is 4.90 Å². The van der Waals surface area contributed by atoms with Crippen LogP contribution in [0.4, 0.5) is 15.3 Å². The van der Waals surface area contributed by atoms with Crippen LogP contribution in [0.5, 0.6) is 34.5 Å². The maximum atomic E-state index is 14.9. The minimum Gasteiger partial charge on any atom is -0.497 e. The van der Waals surface area contributed by atoms with Crippen molar-refractivity contribution in [2.75, 3.05) is 59.4 Å². The van der Waals surface area contributed by atoms with E-state index in [2.05, 4.69) is 24.6 Å². The Morgan fingerprint density at radius 1 is 0.915 bits per heavy atom. The average molecular weight is 982 g/mol. The van der Waals surface area contributed by atoms with E-state index in [0.29, 0.717) is 85.3 Å². The van der Waals surface area contributed by atoms with Gasteiger partial charge in [0.15, 0.2) is 11.5 Å². The first-order valence-electron chi connectivity index (χ1n) is 24.7. The van der Waals surface area contributed by atoms with Crippen LogP contribution < -0.4 is 33.7 Å². The monoisotopic (exact) mass is 981 g/mol. The second-order valence-electron chi connectivity index (χ2n) is 18.3. The summed E-state index contributed by atoms with van der Waals surface area (Å²) in [6, 6.07) is 15.0. The summed E-state index contributed by atoms with van der Waals surface area (Å²) in [6.45, 7) is 8.79. The lowest BCUT2D eigenvalue weighted by molar-refractivity contribution is -0.256. The molecule has 8 rings (SSSR count). The van der Waals surface area contributed by atoms with Crippen LogP contribution in [0.3, 0.4) is 0 Å². The summed E-state index contributed by atoms with van der Waals surface area (Å²) in [5, 5.41) is 27.9. The number of nitrogens with one attached hydrogen (secondary N) is 1. The number of unbranched alkanes of at least 4 members (excludes halogenated alkanes) is 2. The number of oxime groups is 1. The number of rotatable bonds is 23. The molecule has 7 atom stereocenters. The lowest BCUT2D eigenvalue weighted by atomic mass is 9.55. The quantitative estimate of drug-likeness (QED) is 0.0462. The van der Waals surface area contributed by atoms with Crippen molar-refractivity contribution in [3.05, 3.63) is 103 Å². The molecule has 0 aromatic heterocycles. The molecule has 3 aromatic rings. The highest BCUT2D eigenvalue weighted by Crippen LogP contribution is 2.62. The van der Waals surface area contributed by atoms with Gasteiger partial charge in [-0.15, -0.1) is 13.2 Å². The van der Waals surface area contributed by atoms with Gasteiger partial charge >= 0.3 is 12.2 Å².